The number of halogens is 1. The number of rotatable bonds is 5. The molecule has 0 radical (unpaired) electrons. The first-order valence-electron chi connectivity index (χ1n) is 9.46. The van der Waals surface area contributed by atoms with Crippen molar-refractivity contribution in [3.8, 4) is 0 Å². The van der Waals surface area contributed by atoms with E-state index in [0.717, 1.165) is 45.3 Å². The Balaban J connectivity index is 1.48. The largest absolute Gasteiger partial charge is 0.373 e. The van der Waals surface area contributed by atoms with Crippen LogP contribution in [0.4, 0.5) is 4.39 Å². The maximum Gasteiger partial charge on any atom is 0.240 e. The molecule has 1 aromatic carbocycles. The lowest BCUT2D eigenvalue weighted by Crippen LogP contribution is -2.56. The van der Waals surface area contributed by atoms with Gasteiger partial charge in [0.25, 0.3) is 0 Å². The molecule has 2 aliphatic rings. The molecular formula is C20H29FN2O2. The Hall–Kier alpha value is -1.46. The summed E-state index contributed by atoms with van der Waals surface area (Å²) in [6, 6.07) is 7.07. The van der Waals surface area contributed by atoms with Crippen LogP contribution in [0.3, 0.4) is 0 Å². The zero-order chi connectivity index (χ0) is 17.8. The zero-order valence-corrected chi connectivity index (χ0v) is 15.3. The summed E-state index contributed by atoms with van der Waals surface area (Å²) >= 11 is 0. The van der Waals surface area contributed by atoms with E-state index in [1.165, 1.54) is 6.07 Å². The van der Waals surface area contributed by atoms with Crippen molar-refractivity contribution in [2.45, 2.75) is 64.3 Å². The molecule has 0 aromatic heterocycles. The molecule has 1 amide bonds. The highest BCUT2D eigenvalue weighted by molar-refractivity contribution is 5.82. The number of hydrogen-bond donors (Lipinski definition) is 0. The van der Waals surface area contributed by atoms with Crippen LogP contribution in [0.2, 0.25) is 0 Å². The normalized spacial score (nSPS) is 23.4. The molecule has 0 saturated carbocycles. The minimum absolute atomic E-state index is 0.0312. The highest BCUT2D eigenvalue weighted by Gasteiger charge is 2.35. The lowest BCUT2D eigenvalue weighted by Gasteiger charge is -2.42. The van der Waals surface area contributed by atoms with Crippen LogP contribution in [0.1, 0.15) is 45.1 Å². The van der Waals surface area contributed by atoms with E-state index < -0.39 is 0 Å². The highest BCUT2D eigenvalue weighted by Crippen LogP contribution is 2.24. The quantitative estimate of drug-likeness (QED) is 0.819. The number of ether oxygens (including phenoxy) is 1. The predicted molar refractivity (Wildman–Crippen MR) is 95.7 cm³/mol. The topological polar surface area (TPSA) is 32.8 Å². The van der Waals surface area contributed by atoms with Crippen LogP contribution >= 0.6 is 0 Å². The minimum Gasteiger partial charge on any atom is -0.373 e. The number of carbonyl (C=O) groups excluding carboxylic acids is 1. The van der Waals surface area contributed by atoms with Gasteiger partial charge in [-0.25, -0.2) is 4.39 Å². The lowest BCUT2D eigenvalue weighted by atomic mass is 9.98. The van der Waals surface area contributed by atoms with Crippen molar-refractivity contribution in [2.24, 2.45) is 0 Å². The molecule has 0 bridgehead atoms. The fourth-order valence-electron chi connectivity index (χ4n) is 3.91. The average molecular weight is 348 g/mol. The second kappa shape index (κ2) is 8.28. The zero-order valence-electron chi connectivity index (χ0n) is 15.3. The van der Waals surface area contributed by atoms with Gasteiger partial charge >= 0.3 is 0 Å². The predicted octanol–water partition coefficient (Wildman–Crippen LogP) is 3.21. The van der Waals surface area contributed by atoms with Gasteiger partial charge in [0.15, 0.2) is 0 Å². The highest BCUT2D eigenvalue weighted by atomic mass is 19.1. The Morgan fingerprint density at radius 1 is 1.16 bits per heavy atom. The van der Waals surface area contributed by atoms with Crippen LogP contribution in [0, 0.1) is 5.82 Å². The number of amides is 1. The molecule has 1 aromatic rings. The first-order valence-corrected chi connectivity index (χ1v) is 9.46. The van der Waals surface area contributed by atoms with E-state index in [1.807, 2.05) is 11.0 Å². The molecule has 2 heterocycles. The number of carbonyl (C=O) groups is 1. The van der Waals surface area contributed by atoms with Crippen LogP contribution in [0.5, 0.6) is 0 Å². The van der Waals surface area contributed by atoms with Gasteiger partial charge < -0.3 is 9.64 Å². The van der Waals surface area contributed by atoms with E-state index in [4.69, 9.17) is 4.74 Å². The SMILES string of the molecule is CC(C)N1CCCC(N2CCC(OCc3ccccc3F)CC2)C1=O. The van der Waals surface area contributed by atoms with Crippen molar-refractivity contribution in [3.63, 3.8) is 0 Å². The summed E-state index contributed by atoms with van der Waals surface area (Å²) in [5, 5.41) is 0. The van der Waals surface area contributed by atoms with Crippen LogP contribution in [0.15, 0.2) is 24.3 Å². The van der Waals surface area contributed by atoms with Crippen molar-refractivity contribution >= 4 is 5.91 Å². The molecule has 5 heteroatoms. The first kappa shape index (κ1) is 18.3. The summed E-state index contributed by atoms with van der Waals surface area (Å²) < 4.78 is 19.6. The molecule has 1 atom stereocenters. The second-order valence-corrected chi connectivity index (χ2v) is 7.42. The number of benzene rings is 1. The Labute approximate surface area is 149 Å². The van der Waals surface area contributed by atoms with Gasteiger partial charge in [0.1, 0.15) is 5.82 Å². The van der Waals surface area contributed by atoms with Gasteiger partial charge in [-0.15, -0.1) is 0 Å². The van der Waals surface area contributed by atoms with Crippen LogP contribution in [0.25, 0.3) is 0 Å². The molecule has 0 spiro atoms. The summed E-state index contributed by atoms with van der Waals surface area (Å²) in [5.41, 5.74) is 0.611. The molecule has 4 nitrogen and oxygen atoms in total. The summed E-state index contributed by atoms with van der Waals surface area (Å²) in [6.45, 7) is 7.14. The van der Waals surface area contributed by atoms with E-state index in [1.54, 1.807) is 12.1 Å². The average Bonchev–Trinajstić information content (AvgIpc) is 2.61. The van der Waals surface area contributed by atoms with Crippen LogP contribution < -0.4 is 0 Å². The number of nitrogens with zero attached hydrogens (tertiary/aromatic N) is 2. The van der Waals surface area contributed by atoms with E-state index in [-0.39, 0.29) is 29.9 Å². The number of hydrogen-bond acceptors (Lipinski definition) is 3. The van der Waals surface area contributed by atoms with E-state index in [9.17, 15) is 9.18 Å². The van der Waals surface area contributed by atoms with Gasteiger partial charge in [-0.05, 0) is 45.6 Å². The summed E-state index contributed by atoms with van der Waals surface area (Å²) in [4.78, 5) is 17.0. The van der Waals surface area contributed by atoms with E-state index in [0.29, 0.717) is 12.2 Å². The van der Waals surface area contributed by atoms with Crippen molar-refractivity contribution in [2.75, 3.05) is 19.6 Å². The molecule has 138 valence electrons. The molecule has 0 N–H and O–H groups in total. The second-order valence-electron chi connectivity index (χ2n) is 7.42. The van der Waals surface area contributed by atoms with E-state index in [2.05, 4.69) is 18.7 Å². The van der Waals surface area contributed by atoms with E-state index >= 15 is 0 Å². The molecule has 25 heavy (non-hydrogen) atoms. The molecule has 0 aliphatic carbocycles. The lowest BCUT2D eigenvalue weighted by molar-refractivity contribution is -0.143. The Kier molecular flexibility index (Phi) is 6.07. The van der Waals surface area contributed by atoms with Crippen LogP contribution in [-0.2, 0) is 16.1 Å². The number of piperidine rings is 2. The molecular weight excluding hydrogens is 319 g/mol. The standard InChI is InChI=1S/C20H29FN2O2/c1-15(2)23-11-5-8-19(20(23)24)22-12-9-17(10-13-22)25-14-16-6-3-4-7-18(16)21/h3-4,6-7,15,17,19H,5,8-14H2,1-2H3. The Morgan fingerprint density at radius 2 is 1.88 bits per heavy atom. The van der Waals surface area contributed by atoms with Crippen molar-refractivity contribution in [1.29, 1.82) is 0 Å². The van der Waals surface area contributed by atoms with Gasteiger partial charge in [-0.3, -0.25) is 9.69 Å². The maximum absolute atomic E-state index is 13.7. The maximum atomic E-state index is 13.7. The van der Waals surface area contributed by atoms with Gasteiger partial charge in [-0.1, -0.05) is 18.2 Å². The Bertz CT molecular complexity index is 585. The first-order chi connectivity index (χ1) is 12.1. The van der Waals surface area contributed by atoms with Gasteiger partial charge in [0.05, 0.1) is 18.8 Å². The molecule has 2 fully saturated rings. The third kappa shape index (κ3) is 4.39. The smallest absolute Gasteiger partial charge is 0.240 e. The number of likely N-dealkylation sites (tertiary alicyclic amines) is 2. The van der Waals surface area contributed by atoms with Crippen LogP contribution in [-0.4, -0.2) is 53.5 Å². The fourth-order valence-corrected chi connectivity index (χ4v) is 3.91. The summed E-state index contributed by atoms with van der Waals surface area (Å²) in [5.74, 6) is 0.0773. The van der Waals surface area contributed by atoms with Crippen molar-refractivity contribution in [3.05, 3.63) is 35.6 Å². The monoisotopic (exact) mass is 348 g/mol. The Morgan fingerprint density at radius 3 is 2.56 bits per heavy atom. The summed E-state index contributed by atoms with van der Waals surface area (Å²) in [6.07, 6.45) is 4.00. The van der Waals surface area contributed by atoms with Crippen molar-refractivity contribution in [1.82, 2.24) is 9.80 Å². The van der Waals surface area contributed by atoms with Gasteiger partial charge in [0.2, 0.25) is 5.91 Å². The molecule has 3 rings (SSSR count). The molecule has 2 saturated heterocycles. The third-order valence-corrected chi connectivity index (χ3v) is 5.42. The van der Waals surface area contributed by atoms with Crippen molar-refractivity contribution < 1.29 is 13.9 Å². The summed E-state index contributed by atoms with van der Waals surface area (Å²) in [7, 11) is 0. The fraction of sp³-hybridized carbons (Fsp3) is 0.650. The minimum atomic E-state index is -0.207. The van der Waals surface area contributed by atoms with Gasteiger partial charge in [-0.2, -0.15) is 0 Å². The third-order valence-electron chi connectivity index (χ3n) is 5.42. The van der Waals surface area contributed by atoms with Gasteiger partial charge in [0, 0.05) is 31.2 Å². The molecule has 2 aliphatic heterocycles. The molecule has 1 unspecified atom stereocenters.